The highest BCUT2D eigenvalue weighted by atomic mass is 16.5. The van der Waals surface area contributed by atoms with Crippen molar-refractivity contribution in [1.82, 2.24) is 35.5 Å². The van der Waals surface area contributed by atoms with Gasteiger partial charge in [-0.1, -0.05) is 39.8 Å². The Kier molecular flexibility index (Phi) is 21.9. The molecule has 3 saturated heterocycles. The van der Waals surface area contributed by atoms with Crippen molar-refractivity contribution in [1.29, 1.82) is 0 Å². The normalized spacial score (nSPS) is 16.1. The van der Waals surface area contributed by atoms with Crippen molar-refractivity contribution in [2.75, 3.05) is 62.4 Å². The minimum absolute atomic E-state index is 0.128. The first-order valence-electron chi connectivity index (χ1n) is 30.3. The number of benzene rings is 2. The smallest absolute Gasteiger partial charge is 0.253 e. The number of carbonyl (C=O) groups is 2. The highest BCUT2D eigenvalue weighted by molar-refractivity contribution is 6.00. The molecule has 4 aromatic heterocycles. The van der Waals surface area contributed by atoms with Gasteiger partial charge in [0.05, 0.1) is 24.1 Å². The summed E-state index contributed by atoms with van der Waals surface area (Å²) in [5.74, 6) is -0.126. The topological polar surface area (TPSA) is 218 Å². The highest BCUT2D eigenvalue weighted by Gasteiger charge is 2.28. The van der Waals surface area contributed by atoms with Gasteiger partial charge in [0, 0.05) is 146 Å². The van der Waals surface area contributed by atoms with E-state index in [2.05, 4.69) is 86.2 Å². The van der Waals surface area contributed by atoms with Crippen LogP contribution in [-0.2, 0) is 35.7 Å². The van der Waals surface area contributed by atoms with Crippen LogP contribution in [0.25, 0.3) is 22.3 Å². The van der Waals surface area contributed by atoms with Crippen molar-refractivity contribution in [2.24, 2.45) is 0 Å². The number of aliphatic hydroxyl groups excluding tert-OH is 2. The number of pyridine rings is 4. The summed E-state index contributed by atoms with van der Waals surface area (Å²) in [5, 5.41) is 25.6. The molecule has 2 aromatic carbocycles. The van der Waals surface area contributed by atoms with Gasteiger partial charge in [0.1, 0.15) is 0 Å². The monoisotopic (exact) mass is 1150 g/mol. The van der Waals surface area contributed by atoms with Crippen LogP contribution in [0.15, 0.2) is 82.6 Å². The molecule has 3 aliphatic rings. The highest BCUT2D eigenvalue weighted by Crippen LogP contribution is 2.36. The maximum atomic E-state index is 13.9. The van der Waals surface area contributed by atoms with E-state index in [1.807, 2.05) is 84.1 Å². The first kappa shape index (κ1) is 63.0. The van der Waals surface area contributed by atoms with Gasteiger partial charge in [-0.3, -0.25) is 34.0 Å². The summed E-state index contributed by atoms with van der Waals surface area (Å²) >= 11 is 0. The fourth-order valence-corrected chi connectivity index (χ4v) is 12.2. The third kappa shape index (κ3) is 15.4. The largest absolute Gasteiger partial charge is 0.392 e. The van der Waals surface area contributed by atoms with Crippen molar-refractivity contribution < 1.29 is 29.3 Å². The number of aryl methyl sites for hydroxylation is 2. The van der Waals surface area contributed by atoms with Crippen molar-refractivity contribution >= 4 is 23.2 Å². The molecule has 450 valence electrons. The van der Waals surface area contributed by atoms with Gasteiger partial charge in [0.25, 0.3) is 22.9 Å². The van der Waals surface area contributed by atoms with Crippen molar-refractivity contribution in [3.05, 3.63) is 161 Å². The lowest BCUT2D eigenvalue weighted by atomic mass is 9.95. The summed E-state index contributed by atoms with van der Waals surface area (Å²) in [6.45, 7) is 27.3. The number of ether oxygens (including phenoxy) is 2. The average Bonchev–Trinajstić information content (AvgIpc) is 2.96. The predicted molar refractivity (Wildman–Crippen MR) is 333 cm³/mol. The Morgan fingerprint density at radius 2 is 1.08 bits per heavy atom. The minimum atomic E-state index is -0.271. The third-order valence-electron chi connectivity index (χ3n) is 16.9. The Morgan fingerprint density at radius 1 is 0.643 bits per heavy atom. The number of H-pyrrole nitrogens is 2. The number of aromatic nitrogens is 4. The Hall–Kier alpha value is -7.02. The van der Waals surface area contributed by atoms with Crippen LogP contribution in [0.4, 0.5) is 11.4 Å². The van der Waals surface area contributed by atoms with E-state index in [-0.39, 0.29) is 60.6 Å². The number of piperidine rings is 1. The van der Waals surface area contributed by atoms with Gasteiger partial charge in [-0.15, -0.1) is 0 Å². The van der Waals surface area contributed by atoms with E-state index in [1.165, 1.54) is 0 Å². The van der Waals surface area contributed by atoms with E-state index < -0.39 is 0 Å². The number of anilines is 2. The fourth-order valence-electron chi connectivity index (χ4n) is 12.2. The van der Waals surface area contributed by atoms with Crippen molar-refractivity contribution in [3.8, 4) is 22.3 Å². The molecule has 6 N–H and O–H groups in total. The number of likely N-dealkylation sites (tertiary alicyclic amines) is 1. The SMILES string of the molecule is CCN(c1cc(-c2ccc(CN3CCC[C@H](O)C3)nc2)cc(C(=O)NCc2c(C(C)C)cc(C)[nH]c2=O)c1C)C1CCOCC1.CCN(c1cc(-c2ccc(CO)nc2)cc(C(=O)NCc2c(C(C)C)cc(C)[nH]c2=O)c1C)C1CCOCC1. The number of carbonyl (C=O) groups excluding carboxylic acids is 2. The molecule has 0 bridgehead atoms. The molecule has 0 unspecified atom stereocenters. The van der Waals surface area contributed by atoms with E-state index in [4.69, 9.17) is 14.5 Å². The molecule has 0 aliphatic carbocycles. The Bertz CT molecular complexity index is 3330. The maximum Gasteiger partial charge on any atom is 0.253 e. The summed E-state index contributed by atoms with van der Waals surface area (Å²) in [7, 11) is 0. The first-order valence-corrected chi connectivity index (χ1v) is 30.3. The van der Waals surface area contributed by atoms with Crippen LogP contribution in [0, 0.1) is 27.7 Å². The lowest BCUT2D eigenvalue weighted by Crippen LogP contribution is -2.40. The van der Waals surface area contributed by atoms with Crippen LogP contribution < -0.4 is 31.6 Å². The van der Waals surface area contributed by atoms with Crippen LogP contribution in [-0.4, -0.2) is 118 Å². The quantitative estimate of drug-likeness (QED) is 0.0446. The molecule has 9 rings (SSSR count). The maximum absolute atomic E-state index is 13.9. The summed E-state index contributed by atoms with van der Waals surface area (Å²) in [6, 6.07) is 20.6. The molecule has 0 radical (unpaired) electrons. The molecule has 84 heavy (non-hydrogen) atoms. The molecule has 6 aromatic rings. The third-order valence-corrected chi connectivity index (χ3v) is 16.9. The number of hydrogen-bond acceptors (Lipinski definition) is 13. The number of amides is 2. The summed E-state index contributed by atoms with van der Waals surface area (Å²) in [6.07, 6.45) is 8.94. The molecular weight excluding hydrogens is 1060 g/mol. The van der Waals surface area contributed by atoms with Crippen LogP contribution in [0.2, 0.25) is 0 Å². The number of β-amino-alcohol motifs (C(OH)–C–C–N with tert-alkyl or cyclic N) is 1. The number of aliphatic hydroxyl groups is 2. The van der Waals surface area contributed by atoms with Gasteiger partial charge in [0.15, 0.2) is 0 Å². The predicted octanol–water partition coefficient (Wildman–Crippen LogP) is 9.67. The number of aromatic amines is 2. The molecule has 1 atom stereocenters. The van der Waals surface area contributed by atoms with Crippen molar-refractivity contribution in [2.45, 2.75) is 164 Å². The van der Waals surface area contributed by atoms with E-state index in [0.717, 1.165) is 158 Å². The fraction of sp³-hybridized carbons (Fsp3) is 0.493. The molecule has 3 aliphatic heterocycles. The van der Waals surface area contributed by atoms with Gasteiger partial charge < -0.3 is 50.1 Å². The van der Waals surface area contributed by atoms with E-state index in [0.29, 0.717) is 53.1 Å². The first-order chi connectivity index (χ1) is 40.4. The summed E-state index contributed by atoms with van der Waals surface area (Å²) in [4.78, 5) is 75.2. The molecule has 2 amide bonds. The molecule has 0 saturated carbocycles. The molecule has 17 heteroatoms. The van der Waals surface area contributed by atoms with Crippen LogP contribution in [0.5, 0.6) is 0 Å². The van der Waals surface area contributed by atoms with Gasteiger partial charge in [0.2, 0.25) is 0 Å². The van der Waals surface area contributed by atoms with E-state index >= 15 is 0 Å². The van der Waals surface area contributed by atoms with Crippen molar-refractivity contribution in [3.63, 3.8) is 0 Å². The zero-order chi connectivity index (χ0) is 60.2. The molecule has 17 nitrogen and oxygen atoms in total. The second-order valence-electron chi connectivity index (χ2n) is 23.5. The number of rotatable bonds is 19. The second-order valence-corrected chi connectivity index (χ2v) is 23.5. The molecule has 7 heterocycles. The summed E-state index contributed by atoms with van der Waals surface area (Å²) in [5.41, 5.74) is 14.5. The summed E-state index contributed by atoms with van der Waals surface area (Å²) < 4.78 is 11.3. The number of nitrogens with one attached hydrogen (secondary N) is 4. The standard InChI is InChI=1S/C36H49N5O4.C31H40N4O4/c1-6-41(29-11-14-45-15-12-29)34-18-27(26-9-10-28(37-19-26)21-40-13-7-8-30(42)22-40)17-32(25(34)5)35(43)38-20-33-31(23(2)3)16-24(4)39-36(33)44;1-6-35(25-9-11-39-12-10-25)29-15-23(22-7-8-24(18-36)32-16-22)14-27(21(29)5)30(37)33-17-28-26(19(2)3)13-20(4)34-31(28)38/h9-10,16-19,23,29-30,42H,6-8,11-15,20-22H2,1-5H3,(H,38,43)(H,39,44);7-8,13-16,19,25,36H,6,9-12,17-18H2,1-5H3,(H,33,37)(H,34,38)/t30-;/m0./s1. The van der Waals surface area contributed by atoms with Crippen LogP contribution in [0.3, 0.4) is 0 Å². The van der Waals surface area contributed by atoms with E-state index in [1.54, 1.807) is 12.3 Å². The zero-order valence-corrected chi connectivity index (χ0v) is 51.1. The van der Waals surface area contributed by atoms with Gasteiger partial charge in [-0.25, -0.2) is 0 Å². The molecule has 0 spiro atoms. The van der Waals surface area contributed by atoms with E-state index in [9.17, 15) is 29.4 Å². The molecular formula is C67H89N9O8. The minimum Gasteiger partial charge on any atom is -0.392 e. The lowest BCUT2D eigenvalue weighted by Gasteiger charge is -2.37. The number of hydrogen-bond donors (Lipinski definition) is 6. The Balaban J connectivity index is 0.000000221. The Morgan fingerprint density at radius 3 is 1.46 bits per heavy atom. The van der Waals surface area contributed by atoms with Gasteiger partial charge >= 0.3 is 0 Å². The Labute approximate surface area is 495 Å². The molecule has 3 fully saturated rings. The van der Waals surface area contributed by atoms with Gasteiger partial charge in [-0.05, 0) is 180 Å². The van der Waals surface area contributed by atoms with Crippen LogP contribution >= 0.6 is 0 Å². The second kappa shape index (κ2) is 29.2. The zero-order valence-electron chi connectivity index (χ0n) is 51.1. The number of nitrogens with zero attached hydrogens (tertiary/aromatic N) is 5. The van der Waals surface area contributed by atoms with Gasteiger partial charge in [-0.2, -0.15) is 0 Å². The lowest BCUT2D eigenvalue weighted by molar-refractivity contribution is 0.0662. The average molecular weight is 1150 g/mol. The van der Waals surface area contributed by atoms with Crippen LogP contribution in [0.1, 0.15) is 169 Å².